The first kappa shape index (κ1) is 22.3. The summed E-state index contributed by atoms with van der Waals surface area (Å²) in [6.07, 6.45) is 2.84. The number of hydrogen-bond acceptors (Lipinski definition) is 5. The molecule has 0 heterocycles. The third kappa shape index (κ3) is 4.33. The summed E-state index contributed by atoms with van der Waals surface area (Å²) in [4.78, 5) is 25.5. The van der Waals surface area contributed by atoms with Crippen LogP contribution in [0.15, 0.2) is 34.6 Å². The SMILES string of the molecule is CCC(C)C(=O)C1=C(O)[C@@](O)([C@@H](O)CC=C(C)C)C(CC=C(C)C)C1=O. The Morgan fingerprint density at radius 1 is 1.19 bits per heavy atom. The Kier molecular flexibility index (Phi) is 7.54. The summed E-state index contributed by atoms with van der Waals surface area (Å²) in [5.74, 6) is -3.29. The number of aliphatic hydroxyl groups excluding tert-OH is 2. The molecule has 4 atom stereocenters. The predicted molar refractivity (Wildman–Crippen MR) is 102 cm³/mol. The number of allylic oxidation sites excluding steroid dienone is 4. The van der Waals surface area contributed by atoms with Gasteiger partial charge < -0.3 is 15.3 Å². The van der Waals surface area contributed by atoms with Crippen molar-refractivity contribution < 1.29 is 24.9 Å². The summed E-state index contributed by atoms with van der Waals surface area (Å²) < 4.78 is 0. The molecule has 0 spiro atoms. The molecule has 0 saturated carbocycles. The second kappa shape index (κ2) is 8.78. The standard InChI is InChI=1S/C21H32O5/c1-7-14(6)18(23)17-19(24)15(10-8-12(2)3)21(26,20(17)25)16(22)11-9-13(4)5/h8-9,14-16,22,25-26H,7,10-11H2,1-6H3/t14?,15?,16-,21-/m0/s1. The molecule has 1 aliphatic carbocycles. The van der Waals surface area contributed by atoms with E-state index in [0.29, 0.717) is 6.42 Å². The minimum atomic E-state index is -2.16. The van der Waals surface area contributed by atoms with Gasteiger partial charge in [0.1, 0.15) is 11.3 Å². The van der Waals surface area contributed by atoms with Crippen LogP contribution in [-0.4, -0.2) is 38.6 Å². The van der Waals surface area contributed by atoms with E-state index in [1.165, 1.54) is 0 Å². The minimum absolute atomic E-state index is 0.0757. The molecule has 0 saturated heterocycles. The third-order valence-corrected chi connectivity index (χ3v) is 5.04. The molecule has 0 fully saturated rings. The lowest BCUT2D eigenvalue weighted by Gasteiger charge is -2.33. The topological polar surface area (TPSA) is 94.8 Å². The molecule has 1 rings (SSSR count). The number of rotatable bonds is 8. The highest BCUT2D eigenvalue weighted by atomic mass is 16.4. The summed E-state index contributed by atoms with van der Waals surface area (Å²) in [6, 6.07) is 0. The lowest BCUT2D eigenvalue weighted by molar-refractivity contribution is -0.134. The Labute approximate surface area is 156 Å². The normalized spacial score (nSPS) is 25.1. The monoisotopic (exact) mass is 364 g/mol. The van der Waals surface area contributed by atoms with Crippen LogP contribution in [0.2, 0.25) is 0 Å². The molecule has 0 aliphatic heterocycles. The predicted octanol–water partition coefficient (Wildman–Crippen LogP) is 3.42. The van der Waals surface area contributed by atoms with Gasteiger partial charge in [-0.2, -0.15) is 0 Å². The second-order valence-corrected chi connectivity index (χ2v) is 7.69. The average Bonchev–Trinajstić information content (AvgIpc) is 2.76. The van der Waals surface area contributed by atoms with Crippen LogP contribution in [-0.2, 0) is 9.59 Å². The van der Waals surface area contributed by atoms with Crippen molar-refractivity contribution in [2.45, 2.75) is 72.5 Å². The van der Waals surface area contributed by atoms with E-state index in [4.69, 9.17) is 0 Å². The number of ketones is 2. The second-order valence-electron chi connectivity index (χ2n) is 7.69. The van der Waals surface area contributed by atoms with E-state index < -0.39 is 40.9 Å². The van der Waals surface area contributed by atoms with Gasteiger partial charge in [-0.1, -0.05) is 37.1 Å². The quantitative estimate of drug-likeness (QED) is 0.453. The third-order valence-electron chi connectivity index (χ3n) is 5.04. The van der Waals surface area contributed by atoms with Gasteiger partial charge in [0.05, 0.1) is 12.0 Å². The fourth-order valence-corrected chi connectivity index (χ4v) is 3.08. The van der Waals surface area contributed by atoms with Crippen LogP contribution in [0.25, 0.3) is 0 Å². The number of aliphatic hydroxyl groups is 3. The van der Waals surface area contributed by atoms with E-state index in [1.54, 1.807) is 19.1 Å². The van der Waals surface area contributed by atoms with Gasteiger partial charge in [0.2, 0.25) is 0 Å². The lowest BCUT2D eigenvalue weighted by atomic mass is 9.80. The molecule has 0 radical (unpaired) electrons. The number of carbonyl (C=O) groups excluding carboxylic acids is 2. The molecular formula is C21H32O5. The Morgan fingerprint density at radius 2 is 1.73 bits per heavy atom. The van der Waals surface area contributed by atoms with Gasteiger partial charge >= 0.3 is 0 Å². The summed E-state index contributed by atoms with van der Waals surface area (Å²) in [7, 11) is 0. The molecule has 146 valence electrons. The van der Waals surface area contributed by atoms with Crippen LogP contribution in [0.4, 0.5) is 0 Å². The van der Waals surface area contributed by atoms with Crippen molar-refractivity contribution >= 4 is 11.6 Å². The highest BCUT2D eigenvalue weighted by Crippen LogP contribution is 2.43. The van der Waals surface area contributed by atoms with Gasteiger partial charge in [0.15, 0.2) is 17.2 Å². The smallest absolute Gasteiger partial charge is 0.176 e. The highest BCUT2D eigenvalue weighted by Gasteiger charge is 2.58. The molecule has 0 amide bonds. The van der Waals surface area contributed by atoms with Crippen LogP contribution in [0.1, 0.15) is 60.8 Å². The number of hydrogen-bond donors (Lipinski definition) is 3. The molecular weight excluding hydrogens is 332 g/mol. The van der Waals surface area contributed by atoms with E-state index >= 15 is 0 Å². The Morgan fingerprint density at radius 3 is 2.19 bits per heavy atom. The van der Waals surface area contributed by atoms with Gasteiger partial charge in [0.25, 0.3) is 0 Å². The van der Waals surface area contributed by atoms with Crippen molar-refractivity contribution in [2.75, 3.05) is 0 Å². The number of Topliss-reactive ketones (excluding diaryl/α,β-unsaturated/α-hetero) is 2. The average molecular weight is 364 g/mol. The van der Waals surface area contributed by atoms with E-state index in [-0.39, 0.29) is 18.4 Å². The van der Waals surface area contributed by atoms with Crippen molar-refractivity contribution in [3.63, 3.8) is 0 Å². The summed E-state index contributed by atoms with van der Waals surface area (Å²) in [6.45, 7) is 10.9. The van der Waals surface area contributed by atoms with E-state index in [2.05, 4.69) is 0 Å². The molecule has 26 heavy (non-hydrogen) atoms. The first-order chi connectivity index (χ1) is 12.0. The Hall–Kier alpha value is -1.72. The van der Waals surface area contributed by atoms with Gasteiger partial charge in [-0.15, -0.1) is 0 Å². The molecule has 0 bridgehead atoms. The lowest BCUT2D eigenvalue weighted by Crippen LogP contribution is -2.49. The Bertz CT molecular complexity index is 647. The van der Waals surface area contributed by atoms with Crippen molar-refractivity contribution in [3.8, 4) is 0 Å². The zero-order chi connectivity index (χ0) is 20.2. The fraction of sp³-hybridized carbons (Fsp3) is 0.619. The van der Waals surface area contributed by atoms with Crippen LogP contribution < -0.4 is 0 Å². The van der Waals surface area contributed by atoms with Gasteiger partial charge in [-0.05, 0) is 47.0 Å². The largest absolute Gasteiger partial charge is 0.508 e. The van der Waals surface area contributed by atoms with E-state index in [0.717, 1.165) is 11.1 Å². The van der Waals surface area contributed by atoms with Crippen LogP contribution >= 0.6 is 0 Å². The van der Waals surface area contributed by atoms with Gasteiger partial charge in [-0.25, -0.2) is 0 Å². The van der Waals surface area contributed by atoms with Crippen molar-refractivity contribution in [1.29, 1.82) is 0 Å². The fourth-order valence-electron chi connectivity index (χ4n) is 3.08. The summed E-state index contributed by atoms with van der Waals surface area (Å²) in [5.41, 5.74) is -0.629. The van der Waals surface area contributed by atoms with Gasteiger partial charge in [-0.3, -0.25) is 9.59 Å². The molecule has 0 aromatic heterocycles. The molecule has 1 aliphatic rings. The maximum Gasteiger partial charge on any atom is 0.176 e. The van der Waals surface area contributed by atoms with Crippen LogP contribution in [0, 0.1) is 11.8 Å². The summed E-state index contributed by atoms with van der Waals surface area (Å²) in [5, 5.41) is 32.4. The molecule has 0 aromatic rings. The molecule has 5 heteroatoms. The van der Waals surface area contributed by atoms with Crippen LogP contribution in [0.3, 0.4) is 0 Å². The van der Waals surface area contributed by atoms with Crippen molar-refractivity contribution in [1.82, 2.24) is 0 Å². The zero-order valence-electron chi connectivity index (χ0n) is 16.7. The van der Waals surface area contributed by atoms with Crippen molar-refractivity contribution in [2.24, 2.45) is 11.8 Å². The Balaban J connectivity index is 3.43. The maximum atomic E-state index is 12.9. The first-order valence-corrected chi connectivity index (χ1v) is 9.17. The van der Waals surface area contributed by atoms with Crippen molar-refractivity contribution in [3.05, 3.63) is 34.6 Å². The van der Waals surface area contributed by atoms with E-state index in [1.807, 2.05) is 34.6 Å². The molecule has 3 N–H and O–H groups in total. The van der Waals surface area contributed by atoms with E-state index in [9.17, 15) is 24.9 Å². The first-order valence-electron chi connectivity index (χ1n) is 9.17. The zero-order valence-corrected chi connectivity index (χ0v) is 16.7. The molecule has 2 unspecified atom stereocenters. The van der Waals surface area contributed by atoms with Crippen LogP contribution in [0.5, 0.6) is 0 Å². The number of carbonyl (C=O) groups is 2. The summed E-state index contributed by atoms with van der Waals surface area (Å²) >= 11 is 0. The minimum Gasteiger partial charge on any atom is -0.508 e. The highest BCUT2D eigenvalue weighted by molar-refractivity contribution is 6.24. The maximum absolute atomic E-state index is 12.9. The van der Waals surface area contributed by atoms with Gasteiger partial charge in [0, 0.05) is 5.92 Å². The molecule has 5 nitrogen and oxygen atoms in total. The molecule has 0 aromatic carbocycles.